The van der Waals surface area contributed by atoms with Gasteiger partial charge in [-0.3, -0.25) is 0 Å². The van der Waals surface area contributed by atoms with E-state index >= 15 is 0 Å². The first kappa shape index (κ1) is 15.7. The third-order valence-corrected chi connectivity index (χ3v) is 8.20. The van der Waals surface area contributed by atoms with Crippen molar-refractivity contribution in [3.05, 3.63) is 109 Å². The third-order valence-electron chi connectivity index (χ3n) is 4.47. The van der Waals surface area contributed by atoms with Crippen molar-refractivity contribution in [1.82, 2.24) is 0 Å². The van der Waals surface area contributed by atoms with Gasteiger partial charge in [0.25, 0.3) is 0 Å². The molecule has 2 aromatic carbocycles. The Bertz CT molecular complexity index is 726. The van der Waals surface area contributed by atoms with Gasteiger partial charge in [-0.1, -0.05) is 85.0 Å². The monoisotopic (exact) mass is 344 g/mol. The van der Waals surface area contributed by atoms with Crippen LogP contribution in [0.15, 0.2) is 109 Å². The van der Waals surface area contributed by atoms with E-state index in [2.05, 4.69) is 48.6 Å². The zero-order chi connectivity index (χ0) is 17.0. The molecule has 124 valence electrons. The Kier molecular flexibility index (Phi) is 4.40. The van der Waals surface area contributed by atoms with E-state index in [1.165, 1.54) is 0 Å². The van der Waals surface area contributed by atoms with Crippen molar-refractivity contribution in [2.45, 2.75) is 11.1 Å². The summed E-state index contributed by atoms with van der Waals surface area (Å²) in [4.78, 5) is 0. The maximum Gasteiger partial charge on any atom is 0.482 e. The van der Waals surface area contributed by atoms with E-state index in [9.17, 15) is 0 Å². The van der Waals surface area contributed by atoms with Crippen LogP contribution >= 0.6 is 0 Å². The summed E-state index contributed by atoms with van der Waals surface area (Å²) in [6.07, 6.45) is 17.1. The summed E-state index contributed by atoms with van der Waals surface area (Å²) < 4.78 is 13.4. The first-order valence-corrected chi connectivity index (χ1v) is 10.5. The molecule has 0 atom stereocenters. The minimum atomic E-state index is -2.76. The van der Waals surface area contributed by atoms with E-state index in [1.54, 1.807) is 0 Å². The summed E-state index contributed by atoms with van der Waals surface area (Å²) in [7, 11) is -2.76. The molecule has 0 aromatic heterocycles. The molecular weight excluding hydrogens is 324 g/mol. The van der Waals surface area contributed by atoms with Crippen LogP contribution in [0.2, 0.25) is 11.1 Å². The minimum absolute atomic E-state index is 0.144. The fourth-order valence-corrected chi connectivity index (χ4v) is 6.82. The minimum Gasteiger partial charge on any atom is -0.511 e. The van der Waals surface area contributed by atoms with Crippen molar-refractivity contribution in [3.63, 3.8) is 0 Å². The number of hydrogen-bond donors (Lipinski definition) is 0. The fraction of sp³-hybridized carbons (Fsp3) is 0.0909. The van der Waals surface area contributed by atoms with E-state index in [1.807, 2.05) is 60.7 Å². The summed E-state index contributed by atoms with van der Waals surface area (Å²) >= 11 is 0. The number of allylic oxidation sites excluding steroid dienone is 8. The SMILES string of the molecule is C1=CC([Si](Oc2ccccc2)(Oc2ccccc2)C2C=CC=C2)C=C1. The molecule has 3 heteroatoms. The molecule has 0 heterocycles. The Balaban J connectivity index is 1.78. The summed E-state index contributed by atoms with van der Waals surface area (Å²) in [5.74, 6) is 1.71. The molecule has 4 rings (SSSR count). The Morgan fingerprint density at radius 1 is 0.520 bits per heavy atom. The summed E-state index contributed by atoms with van der Waals surface area (Å²) in [6.45, 7) is 0. The van der Waals surface area contributed by atoms with Gasteiger partial charge in [-0.2, -0.15) is 0 Å². The van der Waals surface area contributed by atoms with Crippen molar-refractivity contribution >= 4 is 8.56 Å². The standard InChI is InChI=1S/C22H20O2Si/c1-3-11-19(12-4-1)23-25(21-15-7-8-16-21,22-17-9-10-18-22)24-20-13-5-2-6-14-20/h1-18,21-22H. The van der Waals surface area contributed by atoms with Gasteiger partial charge < -0.3 is 8.85 Å². The lowest BCUT2D eigenvalue weighted by Gasteiger charge is -2.37. The molecule has 0 aliphatic heterocycles. The average Bonchev–Trinajstić information content (AvgIpc) is 3.37. The lowest BCUT2D eigenvalue weighted by Crippen LogP contribution is -2.54. The van der Waals surface area contributed by atoms with Crippen molar-refractivity contribution < 1.29 is 8.85 Å². The van der Waals surface area contributed by atoms with Gasteiger partial charge in [0.05, 0.1) is 11.1 Å². The molecule has 0 spiro atoms. The van der Waals surface area contributed by atoms with Gasteiger partial charge >= 0.3 is 8.56 Å². The molecule has 2 aliphatic carbocycles. The second-order valence-corrected chi connectivity index (χ2v) is 9.33. The molecule has 2 aliphatic rings. The first-order valence-electron chi connectivity index (χ1n) is 8.55. The molecule has 0 fully saturated rings. The maximum atomic E-state index is 6.69. The summed E-state index contributed by atoms with van der Waals surface area (Å²) in [6, 6.07) is 20.0. The van der Waals surface area contributed by atoms with E-state index in [4.69, 9.17) is 8.85 Å². The molecule has 0 bridgehead atoms. The van der Waals surface area contributed by atoms with E-state index in [0.717, 1.165) is 11.5 Å². The quantitative estimate of drug-likeness (QED) is 0.637. The molecule has 0 saturated carbocycles. The van der Waals surface area contributed by atoms with Gasteiger partial charge in [0.1, 0.15) is 11.5 Å². The van der Waals surface area contributed by atoms with Crippen molar-refractivity contribution in [2.24, 2.45) is 0 Å². The highest BCUT2D eigenvalue weighted by Gasteiger charge is 2.54. The second-order valence-electron chi connectivity index (χ2n) is 6.14. The van der Waals surface area contributed by atoms with Crippen LogP contribution < -0.4 is 8.85 Å². The zero-order valence-electron chi connectivity index (χ0n) is 13.9. The van der Waals surface area contributed by atoms with Gasteiger partial charge in [0, 0.05) is 0 Å². The Hall–Kier alpha value is -2.78. The predicted octanol–water partition coefficient (Wildman–Crippen LogP) is 5.58. The average molecular weight is 344 g/mol. The number of benzene rings is 2. The Morgan fingerprint density at radius 3 is 1.24 bits per heavy atom. The van der Waals surface area contributed by atoms with Gasteiger partial charge in [-0.15, -0.1) is 0 Å². The van der Waals surface area contributed by atoms with Crippen LogP contribution in [-0.4, -0.2) is 8.56 Å². The van der Waals surface area contributed by atoms with Crippen LogP contribution in [0.4, 0.5) is 0 Å². The summed E-state index contributed by atoms with van der Waals surface area (Å²) in [5.41, 5.74) is 0.288. The van der Waals surface area contributed by atoms with Crippen molar-refractivity contribution in [2.75, 3.05) is 0 Å². The predicted molar refractivity (Wildman–Crippen MR) is 104 cm³/mol. The van der Waals surface area contributed by atoms with E-state index in [-0.39, 0.29) is 11.1 Å². The molecule has 25 heavy (non-hydrogen) atoms. The number of rotatable bonds is 6. The first-order chi connectivity index (χ1) is 12.4. The maximum absolute atomic E-state index is 6.69. The topological polar surface area (TPSA) is 18.5 Å². The van der Waals surface area contributed by atoms with Crippen molar-refractivity contribution in [3.8, 4) is 11.5 Å². The highest BCUT2D eigenvalue weighted by Crippen LogP contribution is 2.43. The van der Waals surface area contributed by atoms with E-state index < -0.39 is 8.56 Å². The summed E-state index contributed by atoms with van der Waals surface area (Å²) in [5, 5.41) is 0. The van der Waals surface area contributed by atoms with Gasteiger partial charge in [-0.25, -0.2) is 0 Å². The number of hydrogen-bond acceptors (Lipinski definition) is 2. The fourth-order valence-electron chi connectivity index (χ4n) is 3.26. The number of para-hydroxylation sites is 2. The molecule has 2 nitrogen and oxygen atoms in total. The molecule has 0 amide bonds. The molecule has 0 unspecified atom stereocenters. The molecule has 2 aromatic rings. The smallest absolute Gasteiger partial charge is 0.482 e. The molecule has 0 N–H and O–H groups in total. The highest BCUT2D eigenvalue weighted by molar-refractivity contribution is 6.74. The van der Waals surface area contributed by atoms with Crippen LogP contribution in [-0.2, 0) is 0 Å². The van der Waals surface area contributed by atoms with Crippen LogP contribution in [0.3, 0.4) is 0 Å². The largest absolute Gasteiger partial charge is 0.511 e. The Labute approximate surface area is 149 Å². The van der Waals surface area contributed by atoms with Gasteiger partial charge in [-0.05, 0) is 24.3 Å². The lowest BCUT2D eigenvalue weighted by atomic mass is 10.3. The Morgan fingerprint density at radius 2 is 0.880 bits per heavy atom. The van der Waals surface area contributed by atoms with Crippen LogP contribution in [0.1, 0.15) is 0 Å². The van der Waals surface area contributed by atoms with Gasteiger partial charge in [0.2, 0.25) is 0 Å². The highest BCUT2D eigenvalue weighted by atomic mass is 28.4. The molecular formula is C22H20O2Si. The van der Waals surface area contributed by atoms with Gasteiger partial charge in [0.15, 0.2) is 0 Å². The molecule has 0 radical (unpaired) electrons. The van der Waals surface area contributed by atoms with Crippen LogP contribution in [0.5, 0.6) is 11.5 Å². The van der Waals surface area contributed by atoms with Crippen LogP contribution in [0, 0.1) is 0 Å². The van der Waals surface area contributed by atoms with Crippen molar-refractivity contribution in [1.29, 1.82) is 0 Å². The second kappa shape index (κ2) is 6.99. The molecule has 0 saturated heterocycles. The van der Waals surface area contributed by atoms with Crippen LogP contribution in [0.25, 0.3) is 0 Å². The lowest BCUT2D eigenvalue weighted by molar-refractivity contribution is 0.371. The normalized spacial score (nSPS) is 16.6. The third kappa shape index (κ3) is 3.23. The van der Waals surface area contributed by atoms with E-state index in [0.29, 0.717) is 0 Å². The zero-order valence-corrected chi connectivity index (χ0v) is 14.9.